The van der Waals surface area contributed by atoms with E-state index in [2.05, 4.69) is 54.6 Å². The number of ether oxygens (including phenoxy) is 1. The molecule has 140 valence electrons. The second-order valence-electron chi connectivity index (χ2n) is 7.79. The molecule has 1 aromatic heterocycles. The number of benzene rings is 2. The largest absolute Gasteiger partial charge is 0.465 e. The van der Waals surface area contributed by atoms with E-state index in [1.165, 1.54) is 18.2 Å². The van der Waals surface area contributed by atoms with Crippen LogP contribution in [-0.2, 0) is 23.1 Å². The summed E-state index contributed by atoms with van der Waals surface area (Å²) in [7, 11) is 1.40. The monoisotopic (exact) mass is 362 g/mol. The first-order chi connectivity index (χ1) is 12.9. The molecule has 0 amide bonds. The van der Waals surface area contributed by atoms with Gasteiger partial charge in [0.15, 0.2) is 0 Å². The number of carbonyl (C=O) groups is 1. The van der Waals surface area contributed by atoms with Crippen molar-refractivity contribution in [3.8, 4) is 0 Å². The Kier molecular flexibility index (Phi) is 5.45. The average molecular weight is 362 g/mol. The molecule has 0 saturated carbocycles. The molecule has 0 fully saturated rings. The van der Waals surface area contributed by atoms with Gasteiger partial charge in [-0.3, -0.25) is 0 Å². The standard InChI is InChI=1S/C23H26N2O2/c1-23(2,3)20-10-8-17(9-11-20)15-21-24-12-13-25(21)16-18-6-5-7-19(14-18)22(26)27-4/h5-14H,15-16H2,1-4H3. The highest BCUT2D eigenvalue weighted by Gasteiger charge is 2.13. The van der Waals surface area contributed by atoms with E-state index in [1.54, 1.807) is 6.07 Å². The minimum atomic E-state index is -0.318. The van der Waals surface area contributed by atoms with Crippen LogP contribution in [0.5, 0.6) is 0 Å². The average Bonchev–Trinajstić information content (AvgIpc) is 3.07. The molecule has 0 radical (unpaired) electrons. The Morgan fingerprint density at radius 1 is 1.07 bits per heavy atom. The zero-order valence-corrected chi connectivity index (χ0v) is 16.4. The van der Waals surface area contributed by atoms with Crippen molar-refractivity contribution in [1.82, 2.24) is 9.55 Å². The van der Waals surface area contributed by atoms with Gasteiger partial charge in [-0.1, -0.05) is 57.2 Å². The highest BCUT2D eigenvalue weighted by molar-refractivity contribution is 5.89. The fourth-order valence-electron chi connectivity index (χ4n) is 3.07. The van der Waals surface area contributed by atoms with Crippen LogP contribution in [0, 0.1) is 0 Å². The molecule has 0 aliphatic heterocycles. The molecule has 0 saturated heterocycles. The Hall–Kier alpha value is -2.88. The summed E-state index contributed by atoms with van der Waals surface area (Å²) in [6, 6.07) is 16.3. The summed E-state index contributed by atoms with van der Waals surface area (Å²) in [5.74, 6) is 0.684. The van der Waals surface area contributed by atoms with Gasteiger partial charge in [-0.25, -0.2) is 9.78 Å². The van der Waals surface area contributed by atoms with E-state index in [1.807, 2.05) is 30.6 Å². The topological polar surface area (TPSA) is 44.1 Å². The van der Waals surface area contributed by atoms with Crippen molar-refractivity contribution in [3.63, 3.8) is 0 Å². The van der Waals surface area contributed by atoms with Crippen molar-refractivity contribution >= 4 is 5.97 Å². The van der Waals surface area contributed by atoms with E-state index in [9.17, 15) is 4.79 Å². The number of esters is 1. The third-order valence-corrected chi connectivity index (χ3v) is 4.68. The number of nitrogens with zero attached hydrogens (tertiary/aromatic N) is 2. The molecule has 3 aromatic rings. The first-order valence-electron chi connectivity index (χ1n) is 9.13. The van der Waals surface area contributed by atoms with Gasteiger partial charge in [-0.05, 0) is 34.2 Å². The molecular formula is C23H26N2O2. The zero-order chi connectivity index (χ0) is 19.4. The SMILES string of the molecule is COC(=O)c1cccc(Cn2ccnc2Cc2ccc(C(C)(C)C)cc2)c1. The van der Waals surface area contributed by atoms with Crippen LogP contribution >= 0.6 is 0 Å². The van der Waals surface area contributed by atoms with Crippen LogP contribution in [0.2, 0.25) is 0 Å². The van der Waals surface area contributed by atoms with Crippen molar-refractivity contribution in [2.75, 3.05) is 7.11 Å². The molecule has 0 bridgehead atoms. The lowest BCUT2D eigenvalue weighted by atomic mass is 9.86. The maximum atomic E-state index is 11.7. The summed E-state index contributed by atoms with van der Waals surface area (Å²) < 4.78 is 6.92. The van der Waals surface area contributed by atoms with Crippen LogP contribution in [0.4, 0.5) is 0 Å². The zero-order valence-electron chi connectivity index (χ0n) is 16.4. The molecular weight excluding hydrogens is 336 g/mol. The first kappa shape index (κ1) is 18.9. The third kappa shape index (κ3) is 4.64. The van der Waals surface area contributed by atoms with Gasteiger partial charge >= 0.3 is 5.97 Å². The van der Waals surface area contributed by atoms with Gasteiger partial charge in [0.25, 0.3) is 0 Å². The molecule has 0 spiro atoms. The summed E-state index contributed by atoms with van der Waals surface area (Å²) in [5, 5.41) is 0. The van der Waals surface area contributed by atoms with Gasteiger partial charge in [-0.15, -0.1) is 0 Å². The fourth-order valence-corrected chi connectivity index (χ4v) is 3.07. The van der Waals surface area contributed by atoms with Crippen LogP contribution in [0.15, 0.2) is 60.9 Å². The number of rotatable bonds is 5. The lowest BCUT2D eigenvalue weighted by Gasteiger charge is -2.19. The molecule has 0 N–H and O–H groups in total. The minimum Gasteiger partial charge on any atom is -0.465 e. The van der Waals surface area contributed by atoms with E-state index < -0.39 is 0 Å². The fraction of sp³-hybridized carbons (Fsp3) is 0.304. The maximum Gasteiger partial charge on any atom is 0.337 e. The molecule has 3 rings (SSSR count). The molecule has 0 atom stereocenters. The van der Waals surface area contributed by atoms with Crippen LogP contribution in [0.3, 0.4) is 0 Å². The number of methoxy groups -OCH3 is 1. The second kappa shape index (κ2) is 7.78. The minimum absolute atomic E-state index is 0.154. The summed E-state index contributed by atoms with van der Waals surface area (Å²) in [5.41, 5.74) is 4.32. The van der Waals surface area contributed by atoms with Crippen LogP contribution in [0.25, 0.3) is 0 Å². The highest BCUT2D eigenvalue weighted by Crippen LogP contribution is 2.23. The molecule has 4 nitrogen and oxygen atoms in total. The predicted octanol–water partition coefficient (Wildman–Crippen LogP) is 4.61. The lowest BCUT2D eigenvalue weighted by Crippen LogP contribution is -2.11. The van der Waals surface area contributed by atoms with Crippen LogP contribution < -0.4 is 0 Å². The number of aromatic nitrogens is 2. The van der Waals surface area contributed by atoms with Gasteiger partial charge in [0.1, 0.15) is 5.82 Å². The van der Waals surface area contributed by atoms with Crippen molar-refractivity contribution in [3.05, 3.63) is 89.0 Å². The van der Waals surface area contributed by atoms with Crippen LogP contribution in [-0.4, -0.2) is 22.6 Å². The van der Waals surface area contributed by atoms with E-state index in [-0.39, 0.29) is 11.4 Å². The molecule has 1 heterocycles. The number of imidazole rings is 1. The Bertz CT molecular complexity index is 918. The quantitative estimate of drug-likeness (QED) is 0.623. The molecule has 27 heavy (non-hydrogen) atoms. The molecule has 0 unspecified atom stereocenters. The lowest BCUT2D eigenvalue weighted by molar-refractivity contribution is 0.0600. The molecule has 0 aliphatic rings. The Labute approximate surface area is 160 Å². The summed E-state index contributed by atoms with van der Waals surface area (Å²) in [4.78, 5) is 16.3. The van der Waals surface area contributed by atoms with E-state index in [0.717, 1.165) is 17.8 Å². The Morgan fingerprint density at radius 3 is 2.48 bits per heavy atom. The predicted molar refractivity (Wildman–Crippen MR) is 107 cm³/mol. The van der Waals surface area contributed by atoms with Crippen LogP contribution in [0.1, 0.15) is 53.6 Å². The van der Waals surface area contributed by atoms with Gasteiger partial charge in [0.2, 0.25) is 0 Å². The van der Waals surface area contributed by atoms with Crippen molar-refractivity contribution in [2.24, 2.45) is 0 Å². The Balaban J connectivity index is 1.76. The smallest absolute Gasteiger partial charge is 0.337 e. The molecule has 2 aromatic carbocycles. The summed E-state index contributed by atoms with van der Waals surface area (Å²) in [6.45, 7) is 7.33. The maximum absolute atomic E-state index is 11.7. The van der Waals surface area contributed by atoms with Gasteiger partial charge < -0.3 is 9.30 Å². The van der Waals surface area contributed by atoms with E-state index in [0.29, 0.717) is 12.1 Å². The van der Waals surface area contributed by atoms with Gasteiger partial charge in [-0.2, -0.15) is 0 Å². The van der Waals surface area contributed by atoms with E-state index >= 15 is 0 Å². The number of hydrogen-bond donors (Lipinski definition) is 0. The first-order valence-corrected chi connectivity index (χ1v) is 9.13. The number of hydrogen-bond acceptors (Lipinski definition) is 3. The normalized spacial score (nSPS) is 11.4. The number of carbonyl (C=O) groups excluding carboxylic acids is 1. The Morgan fingerprint density at radius 2 is 1.81 bits per heavy atom. The molecule has 4 heteroatoms. The third-order valence-electron chi connectivity index (χ3n) is 4.68. The summed E-state index contributed by atoms with van der Waals surface area (Å²) >= 11 is 0. The van der Waals surface area contributed by atoms with Gasteiger partial charge in [0, 0.05) is 25.4 Å². The van der Waals surface area contributed by atoms with E-state index in [4.69, 9.17) is 4.74 Å². The highest BCUT2D eigenvalue weighted by atomic mass is 16.5. The van der Waals surface area contributed by atoms with Crippen molar-refractivity contribution in [2.45, 2.75) is 39.2 Å². The van der Waals surface area contributed by atoms with Crippen molar-refractivity contribution in [1.29, 1.82) is 0 Å². The molecule has 0 aliphatic carbocycles. The summed E-state index contributed by atoms with van der Waals surface area (Å²) in [6.07, 6.45) is 4.57. The van der Waals surface area contributed by atoms with Crippen molar-refractivity contribution < 1.29 is 9.53 Å². The van der Waals surface area contributed by atoms with Gasteiger partial charge in [0.05, 0.1) is 12.7 Å². The second-order valence-corrected chi connectivity index (χ2v) is 7.79.